The molecule has 3 rings (SSSR count). The van der Waals surface area contributed by atoms with Crippen LogP contribution in [0.2, 0.25) is 0 Å². The molecule has 0 amide bonds. The van der Waals surface area contributed by atoms with Gasteiger partial charge in [-0.1, -0.05) is 12.1 Å². The topological polar surface area (TPSA) is 76.0 Å². The fourth-order valence-electron chi connectivity index (χ4n) is 3.06. The van der Waals surface area contributed by atoms with Crippen LogP contribution in [0.25, 0.3) is 0 Å². The molecule has 132 valence electrons. The van der Waals surface area contributed by atoms with Gasteiger partial charge in [0.05, 0.1) is 18.3 Å². The lowest BCUT2D eigenvalue weighted by molar-refractivity contribution is -0.0513. The number of hydrogen-bond donors (Lipinski definition) is 2. The number of ether oxygens (including phenoxy) is 2. The molecule has 0 saturated carbocycles. The van der Waals surface area contributed by atoms with Crippen molar-refractivity contribution >= 4 is 5.78 Å². The van der Waals surface area contributed by atoms with Crippen LogP contribution < -0.4 is 9.47 Å². The summed E-state index contributed by atoms with van der Waals surface area (Å²) in [6.45, 7) is 1.49. The third-order valence-corrected chi connectivity index (χ3v) is 4.61. The molecule has 2 aromatic carbocycles. The molecular formula is C20H22O5. The number of fused-ring (bicyclic) bond motifs is 2. The molecule has 1 heterocycles. The van der Waals surface area contributed by atoms with Crippen molar-refractivity contribution in [2.24, 2.45) is 0 Å². The minimum absolute atomic E-state index is 0.249. The van der Waals surface area contributed by atoms with Crippen molar-refractivity contribution in [3.63, 3.8) is 0 Å². The lowest BCUT2D eigenvalue weighted by Gasteiger charge is -2.28. The number of para-hydroxylation sites is 1. The first kappa shape index (κ1) is 17.5. The second kappa shape index (κ2) is 6.86. The Morgan fingerprint density at radius 3 is 2.72 bits per heavy atom. The van der Waals surface area contributed by atoms with Gasteiger partial charge in [0.1, 0.15) is 23.4 Å². The van der Waals surface area contributed by atoms with E-state index in [1.54, 1.807) is 37.4 Å². The summed E-state index contributed by atoms with van der Waals surface area (Å²) in [5, 5.41) is 21.0. The zero-order valence-electron chi connectivity index (χ0n) is 14.4. The van der Waals surface area contributed by atoms with Crippen molar-refractivity contribution in [3.8, 4) is 17.2 Å². The SMILES string of the molecule is COc1ccc2c(c1)CCC[C@](C)(O)[C@@H](O)C(=O)c1ccccc1O2. The molecule has 1 aliphatic rings. The van der Waals surface area contributed by atoms with E-state index in [1.165, 1.54) is 6.92 Å². The van der Waals surface area contributed by atoms with Crippen LogP contribution in [0.3, 0.4) is 0 Å². The summed E-state index contributed by atoms with van der Waals surface area (Å²) in [7, 11) is 1.60. The van der Waals surface area contributed by atoms with Crippen molar-refractivity contribution in [3.05, 3.63) is 53.6 Å². The number of benzene rings is 2. The van der Waals surface area contributed by atoms with Crippen LogP contribution in [0.4, 0.5) is 0 Å². The monoisotopic (exact) mass is 342 g/mol. The van der Waals surface area contributed by atoms with Crippen LogP contribution in [-0.4, -0.2) is 34.8 Å². The van der Waals surface area contributed by atoms with Gasteiger partial charge in [0.25, 0.3) is 0 Å². The summed E-state index contributed by atoms with van der Waals surface area (Å²) in [5.74, 6) is 1.17. The molecule has 0 bridgehead atoms. The number of hydrogen-bond acceptors (Lipinski definition) is 5. The summed E-state index contributed by atoms with van der Waals surface area (Å²) in [5.41, 5.74) is -0.333. The summed E-state index contributed by atoms with van der Waals surface area (Å²) in [6, 6.07) is 12.2. The van der Waals surface area contributed by atoms with Crippen LogP contribution in [0.5, 0.6) is 17.2 Å². The van der Waals surface area contributed by atoms with E-state index >= 15 is 0 Å². The first-order valence-corrected chi connectivity index (χ1v) is 8.31. The zero-order valence-corrected chi connectivity index (χ0v) is 14.4. The standard InChI is InChI=1S/C20H22O5/c1-20(23)11-5-6-13-12-14(24-2)9-10-16(13)25-17-8-4-3-7-15(17)18(21)19(20)22/h3-4,7-10,12,19,22-23H,5-6,11H2,1-2H3/t19-,20-/m0/s1. The van der Waals surface area contributed by atoms with Gasteiger partial charge in [-0.3, -0.25) is 4.79 Å². The van der Waals surface area contributed by atoms with Gasteiger partial charge in [-0.25, -0.2) is 0 Å². The van der Waals surface area contributed by atoms with Gasteiger partial charge < -0.3 is 19.7 Å². The number of carbonyl (C=O) groups excluding carboxylic acids is 1. The van der Waals surface area contributed by atoms with Gasteiger partial charge >= 0.3 is 0 Å². The predicted molar refractivity (Wildman–Crippen MR) is 93.4 cm³/mol. The molecular weight excluding hydrogens is 320 g/mol. The van der Waals surface area contributed by atoms with Gasteiger partial charge in [0.2, 0.25) is 0 Å². The van der Waals surface area contributed by atoms with Gasteiger partial charge in [-0.2, -0.15) is 0 Å². The number of aliphatic hydroxyl groups excluding tert-OH is 1. The second-order valence-electron chi connectivity index (χ2n) is 6.55. The molecule has 0 spiro atoms. The number of aliphatic hydroxyl groups is 2. The third-order valence-electron chi connectivity index (χ3n) is 4.61. The van der Waals surface area contributed by atoms with E-state index < -0.39 is 17.5 Å². The Morgan fingerprint density at radius 1 is 1.20 bits per heavy atom. The Balaban J connectivity index is 2.10. The Morgan fingerprint density at radius 2 is 1.96 bits per heavy atom. The lowest BCUT2D eigenvalue weighted by atomic mass is 9.87. The van der Waals surface area contributed by atoms with Gasteiger partial charge in [-0.15, -0.1) is 0 Å². The van der Waals surface area contributed by atoms with Crippen molar-refractivity contribution in [1.29, 1.82) is 0 Å². The quantitative estimate of drug-likeness (QED) is 0.833. The van der Waals surface area contributed by atoms with E-state index in [4.69, 9.17) is 9.47 Å². The number of rotatable bonds is 1. The van der Waals surface area contributed by atoms with Crippen LogP contribution in [0.15, 0.2) is 42.5 Å². The Labute approximate surface area is 146 Å². The van der Waals surface area contributed by atoms with Crippen LogP contribution >= 0.6 is 0 Å². The van der Waals surface area contributed by atoms with E-state index in [0.29, 0.717) is 36.5 Å². The highest BCUT2D eigenvalue weighted by atomic mass is 16.5. The Hall–Kier alpha value is -2.37. The number of aryl methyl sites for hydroxylation is 1. The minimum Gasteiger partial charge on any atom is -0.497 e. The summed E-state index contributed by atoms with van der Waals surface area (Å²) < 4.78 is 11.3. The summed E-state index contributed by atoms with van der Waals surface area (Å²) in [4.78, 5) is 12.7. The van der Waals surface area contributed by atoms with Crippen molar-refractivity contribution in [1.82, 2.24) is 0 Å². The van der Waals surface area contributed by atoms with E-state index in [1.807, 2.05) is 12.1 Å². The molecule has 25 heavy (non-hydrogen) atoms. The first-order chi connectivity index (χ1) is 11.9. The van der Waals surface area contributed by atoms with Gasteiger partial charge in [0, 0.05) is 0 Å². The molecule has 0 saturated heterocycles. The average Bonchev–Trinajstić information content (AvgIpc) is 2.62. The van der Waals surface area contributed by atoms with Gasteiger partial charge in [0.15, 0.2) is 5.78 Å². The maximum atomic E-state index is 12.7. The fraction of sp³-hybridized carbons (Fsp3) is 0.350. The smallest absolute Gasteiger partial charge is 0.197 e. The molecule has 5 heteroatoms. The molecule has 2 N–H and O–H groups in total. The lowest BCUT2D eigenvalue weighted by Crippen LogP contribution is -2.44. The molecule has 0 unspecified atom stereocenters. The molecule has 2 atom stereocenters. The second-order valence-corrected chi connectivity index (χ2v) is 6.55. The van der Waals surface area contributed by atoms with E-state index in [2.05, 4.69) is 0 Å². The molecule has 0 aromatic heterocycles. The predicted octanol–water partition coefficient (Wildman–Crippen LogP) is 3.12. The number of Topliss-reactive ketones (excluding diaryl/α,β-unsaturated/α-hetero) is 1. The number of methoxy groups -OCH3 is 1. The largest absolute Gasteiger partial charge is 0.497 e. The van der Waals surface area contributed by atoms with Gasteiger partial charge in [-0.05, 0) is 62.1 Å². The molecule has 2 aromatic rings. The Kier molecular flexibility index (Phi) is 4.79. The average molecular weight is 342 g/mol. The normalized spacial score (nSPS) is 23.7. The van der Waals surface area contributed by atoms with Crippen molar-refractivity contribution in [2.75, 3.05) is 7.11 Å². The summed E-state index contributed by atoms with van der Waals surface area (Å²) in [6.07, 6.45) is 0.00909. The van der Waals surface area contributed by atoms with E-state index in [9.17, 15) is 15.0 Å². The Bertz CT molecular complexity index is 781. The fourth-order valence-corrected chi connectivity index (χ4v) is 3.06. The van der Waals surface area contributed by atoms with E-state index in [0.717, 1.165) is 5.56 Å². The first-order valence-electron chi connectivity index (χ1n) is 8.31. The minimum atomic E-state index is -1.51. The maximum absolute atomic E-state index is 12.7. The molecule has 5 nitrogen and oxygen atoms in total. The molecule has 0 fully saturated rings. The molecule has 0 aliphatic carbocycles. The van der Waals surface area contributed by atoms with Crippen LogP contribution in [0, 0.1) is 0 Å². The zero-order chi connectivity index (χ0) is 18.0. The highest BCUT2D eigenvalue weighted by Gasteiger charge is 2.37. The summed E-state index contributed by atoms with van der Waals surface area (Å²) >= 11 is 0. The highest BCUT2D eigenvalue weighted by molar-refractivity contribution is 6.02. The number of carbonyl (C=O) groups is 1. The van der Waals surface area contributed by atoms with Crippen LogP contribution in [0.1, 0.15) is 35.7 Å². The van der Waals surface area contributed by atoms with Crippen molar-refractivity contribution < 1.29 is 24.5 Å². The van der Waals surface area contributed by atoms with E-state index in [-0.39, 0.29) is 5.56 Å². The van der Waals surface area contributed by atoms with Crippen molar-refractivity contribution in [2.45, 2.75) is 37.9 Å². The highest BCUT2D eigenvalue weighted by Crippen LogP contribution is 2.34. The maximum Gasteiger partial charge on any atom is 0.197 e. The number of ketones is 1. The molecule has 1 aliphatic heterocycles. The molecule has 0 radical (unpaired) electrons. The van der Waals surface area contributed by atoms with Crippen LogP contribution in [-0.2, 0) is 6.42 Å². The third kappa shape index (κ3) is 3.52.